The Morgan fingerprint density at radius 1 is 1.35 bits per heavy atom. The van der Waals surface area contributed by atoms with Gasteiger partial charge in [-0.05, 0) is 18.1 Å². The van der Waals surface area contributed by atoms with Gasteiger partial charge in [0, 0.05) is 7.05 Å². The van der Waals surface area contributed by atoms with E-state index in [0.717, 1.165) is 18.5 Å². The first-order valence-corrected chi connectivity index (χ1v) is 7.74. The van der Waals surface area contributed by atoms with Crippen LogP contribution in [0.3, 0.4) is 0 Å². The van der Waals surface area contributed by atoms with Crippen molar-refractivity contribution >= 4 is 5.91 Å². The van der Waals surface area contributed by atoms with Crippen LogP contribution in [-0.2, 0) is 13.5 Å². The van der Waals surface area contributed by atoms with E-state index in [2.05, 4.69) is 10.4 Å². The second kappa shape index (κ2) is 7.89. The molecule has 1 aromatic carbocycles. The Morgan fingerprint density at radius 3 is 2.65 bits per heavy atom. The molecule has 6 heteroatoms. The first-order valence-electron chi connectivity index (χ1n) is 7.74. The quantitative estimate of drug-likeness (QED) is 0.716. The number of rotatable bonds is 7. The van der Waals surface area contributed by atoms with Crippen molar-refractivity contribution < 1.29 is 15.0 Å². The summed E-state index contributed by atoms with van der Waals surface area (Å²) in [4.78, 5) is 12.4. The highest BCUT2D eigenvalue weighted by molar-refractivity contribution is 5.92. The van der Waals surface area contributed by atoms with E-state index in [-0.39, 0.29) is 12.5 Å². The highest BCUT2D eigenvalue weighted by Crippen LogP contribution is 2.17. The Bertz CT molecular complexity index is 640. The lowest BCUT2D eigenvalue weighted by Gasteiger charge is -2.22. The molecule has 0 saturated carbocycles. The second-order valence-corrected chi connectivity index (χ2v) is 5.51. The van der Waals surface area contributed by atoms with E-state index in [1.807, 2.05) is 13.0 Å². The van der Waals surface area contributed by atoms with Gasteiger partial charge in [-0.15, -0.1) is 0 Å². The zero-order chi connectivity index (χ0) is 16.8. The minimum absolute atomic E-state index is 0.360. The molecule has 0 unspecified atom stereocenters. The molecule has 1 amide bonds. The minimum Gasteiger partial charge on any atom is -0.394 e. The number of aliphatic hydroxyl groups is 2. The zero-order valence-electron chi connectivity index (χ0n) is 13.4. The summed E-state index contributed by atoms with van der Waals surface area (Å²) in [7, 11) is 1.70. The number of benzene rings is 1. The fraction of sp³-hybridized carbons (Fsp3) is 0.412. The van der Waals surface area contributed by atoms with Gasteiger partial charge in [-0.1, -0.05) is 43.7 Å². The highest BCUT2D eigenvalue weighted by Gasteiger charge is 2.24. The summed E-state index contributed by atoms with van der Waals surface area (Å²) in [5, 5.41) is 26.8. The van der Waals surface area contributed by atoms with Gasteiger partial charge in [0.1, 0.15) is 11.8 Å². The molecule has 0 aliphatic carbocycles. The Kier molecular flexibility index (Phi) is 5.90. The molecular weight excluding hydrogens is 294 g/mol. The number of aliphatic hydroxyl groups excluding tert-OH is 2. The molecule has 0 spiro atoms. The molecule has 2 rings (SSSR count). The third-order valence-electron chi connectivity index (χ3n) is 3.70. The van der Waals surface area contributed by atoms with Gasteiger partial charge in [0.15, 0.2) is 0 Å². The zero-order valence-corrected chi connectivity index (χ0v) is 13.4. The fourth-order valence-corrected chi connectivity index (χ4v) is 2.47. The Labute approximate surface area is 135 Å². The van der Waals surface area contributed by atoms with E-state index in [9.17, 15) is 15.0 Å². The Hall–Kier alpha value is -2.18. The summed E-state index contributed by atoms with van der Waals surface area (Å²) in [5.41, 5.74) is 1.90. The molecule has 1 heterocycles. The van der Waals surface area contributed by atoms with Crippen molar-refractivity contribution in [1.29, 1.82) is 0 Å². The molecule has 0 fully saturated rings. The topological polar surface area (TPSA) is 87.4 Å². The molecule has 6 nitrogen and oxygen atoms in total. The van der Waals surface area contributed by atoms with Crippen LogP contribution in [0.4, 0.5) is 0 Å². The molecule has 2 atom stereocenters. The maximum absolute atomic E-state index is 12.4. The number of carbonyl (C=O) groups excluding carboxylic acids is 1. The third kappa shape index (κ3) is 4.18. The number of nitrogens with one attached hydrogen (secondary N) is 1. The van der Waals surface area contributed by atoms with Crippen LogP contribution in [0.5, 0.6) is 0 Å². The number of amides is 1. The summed E-state index contributed by atoms with van der Waals surface area (Å²) >= 11 is 0. The molecule has 23 heavy (non-hydrogen) atoms. The first-order chi connectivity index (χ1) is 11.1. The number of nitrogens with zero attached hydrogens (tertiary/aromatic N) is 2. The van der Waals surface area contributed by atoms with E-state index in [4.69, 9.17) is 0 Å². The maximum Gasteiger partial charge on any atom is 0.269 e. The molecule has 1 aromatic heterocycles. The van der Waals surface area contributed by atoms with Crippen LogP contribution in [0, 0.1) is 0 Å². The number of aryl methyl sites for hydroxylation is 2. The number of aromatic nitrogens is 2. The highest BCUT2D eigenvalue weighted by atomic mass is 16.3. The number of hydrogen-bond donors (Lipinski definition) is 3. The molecular formula is C17H23N3O3. The standard InChI is InChI=1S/C17H23N3O3/c1-3-7-13-10-15(20(2)19-13)17(23)18-14(11-21)16(22)12-8-5-4-6-9-12/h4-6,8-10,14,16,21-22H,3,7,11H2,1-2H3,(H,18,23)/t14-,16-/m0/s1. The van der Waals surface area contributed by atoms with E-state index in [1.165, 1.54) is 4.68 Å². The Balaban J connectivity index is 2.10. The largest absolute Gasteiger partial charge is 0.394 e. The normalized spacial score (nSPS) is 13.6. The van der Waals surface area contributed by atoms with Crippen molar-refractivity contribution in [2.75, 3.05) is 6.61 Å². The van der Waals surface area contributed by atoms with Crippen molar-refractivity contribution in [2.24, 2.45) is 7.05 Å². The van der Waals surface area contributed by atoms with Crippen LogP contribution in [0.15, 0.2) is 36.4 Å². The van der Waals surface area contributed by atoms with Gasteiger partial charge in [0.25, 0.3) is 5.91 Å². The first kappa shape index (κ1) is 17.2. The van der Waals surface area contributed by atoms with E-state index >= 15 is 0 Å². The van der Waals surface area contributed by atoms with E-state index in [0.29, 0.717) is 11.3 Å². The average molecular weight is 317 g/mol. The molecule has 0 aliphatic rings. The van der Waals surface area contributed by atoms with E-state index < -0.39 is 12.1 Å². The lowest BCUT2D eigenvalue weighted by atomic mass is 10.0. The summed E-state index contributed by atoms with van der Waals surface area (Å²) in [6, 6.07) is 9.90. The third-order valence-corrected chi connectivity index (χ3v) is 3.70. The fourth-order valence-electron chi connectivity index (χ4n) is 2.47. The predicted octanol–water partition coefficient (Wildman–Crippen LogP) is 1.20. The molecule has 0 saturated heterocycles. The van der Waals surface area contributed by atoms with Gasteiger partial charge in [-0.3, -0.25) is 9.48 Å². The lowest BCUT2D eigenvalue weighted by Crippen LogP contribution is -2.42. The molecule has 0 bridgehead atoms. The summed E-state index contributed by atoms with van der Waals surface area (Å²) in [6.45, 7) is 1.69. The van der Waals surface area contributed by atoms with Gasteiger partial charge in [-0.25, -0.2) is 0 Å². The van der Waals surface area contributed by atoms with Crippen LogP contribution >= 0.6 is 0 Å². The van der Waals surface area contributed by atoms with Gasteiger partial charge >= 0.3 is 0 Å². The molecule has 0 aliphatic heterocycles. The SMILES string of the molecule is CCCc1cc(C(=O)N[C@@H](CO)[C@@H](O)c2ccccc2)n(C)n1. The summed E-state index contributed by atoms with van der Waals surface area (Å²) < 4.78 is 1.52. The number of carbonyl (C=O) groups is 1. The summed E-state index contributed by atoms with van der Waals surface area (Å²) in [5.74, 6) is -0.364. The Morgan fingerprint density at radius 2 is 2.04 bits per heavy atom. The lowest BCUT2D eigenvalue weighted by molar-refractivity contribution is 0.0696. The van der Waals surface area contributed by atoms with Crippen LogP contribution in [0.1, 0.15) is 41.2 Å². The van der Waals surface area contributed by atoms with Crippen LogP contribution in [-0.4, -0.2) is 38.5 Å². The van der Waals surface area contributed by atoms with Crippen molar-refractivity contribution in [3.05, 3.63) is 53.3 Å². The predicted molar refractivity (Wildman–Crippen MR) is 86.9 cm³/mol. The van der Waals surface area contributed by atoms with Gasteiger partial charge < -0.3 is 15.5 Å². The minimum atomic E-state index is -0.978. The molecule has 0 radical (unpaired) electrons. The van der Waals surface area contributed by atoms with Crippen LogP contribution in [0.2, 0.25) is 0 Å². The number of hydrogen-bond acceptors (Lipinski definition) is 4. The smallest absolute Gasteiger partial charge is 0.269 e. The van der Waals surface area contributed by atoms with Gasteiger partial charge in [0.2, 0.25) is 0 Å². The van der Waals surface area contributed by atoms with Crippen molar-refractivity contribution in [1.82, 2.24) is 15.1 Å². The van der Waals surface area contributed by atoms with Gasteiger partial charge in [-0.2, -0.15) is 5.10 Å². The van der Waals surface area contributed by atoms with Crippen molar-refractivity contribution in [2.45, 2.75) is 31.9 Å². The van der Waals surface area contributed by atoms with Crippen molar-refractivity contribution in [3.8, 4) is 0 Å². The van der Waals surface area contributed by atoms with Gasteiger partial charge in [0.05, 0.1) is 18.3 Å². The summed E-state index contributed by atoms with van der Waals surface area (Å²) in [6.07, 6.45) is 0.773. The van der Waals surface area contributed by atoms with Crippen LogP contribution in [0.25, 0.3) is 0 Å². The second-order valence-electron chi connectivity index (χ2n) is 5.51. The monoisotopic (exact) mass is 317 g/mol. The maximum atomic E-state index is 12.4. The molecule has 124 valence electrons. The van der Waals surface area contributed by atoms with Crippen LogP contribution < -0.4 is 5.32 Å². The van der Waals surface area contributed by atoms with E-state index in [1.54, 1.807) is 37.4 Å². The molecule has 2 aromatic rings. The molecule has 3 N–H and O–H groups in total. The average Bonchev–Trinajstić information content (AvgIpc) is 2.93. The van der Waals surface area contributed by atoms with Crippen molar-refractivity contribution in [3.63, 3.8) is 0 Å².